The van der Waals surface area contributed by atoms with E-state index in [1.54, 1.807) is 24.3 Å². The number of terminal acetylenes is 1. The predicted octanol–water partition coefficient (Wildman–Crippen LogP) is 2.85. The van der Waals surface area contributed by atoms with E-state index in [0.29, 0.717) is 23.4 Å². The van der Waals surface area contributed by atoms with Crippen molar-refractivity contribution >= 4 is 11.6 Å². The molecule has 1 saturated carbocycles. The van der Waals surface area contributed by atoms with Crippen LogP contribution >= 0.6 is 11.6 Å². The molecule has 17 heavy (non-hydrogen) atoms. The van der Waals surface area contributed by atoms with Crippen LogP contribution in [0.2, 0.25) is 5.02 Å². The van der Waals surface area contributed by atoms with Crippen LogP contribution < -0.4 is 0 Å². The van der Waals surface area contributed by atoms with Gasteiger partial charge in [0.25, 0.3) is 0 Å². The monoisotopic (exact) mass is 245 g/mol. The van der Waals surface area contributed by atoms with E-state index in [-0.39, 0.29) is 0 Å². The van der Waals surface area contributed by atoms with Gasteiger partial charge in [0.1, 0.15) is 5.41 Å². The highest BCUT2D eigenvalue weighted by Crippen LogP contribution is 2.53. The van der Waals surface area contributed by atoms with Crippen molar-refractivity contribution in [3.8, 4) is 18.4 Å². The van der Waals surface area contributed by atoms with Crippen molar-refractivity contribution in [1.29, 1.82) is 5.26 Å². The standard InChI is InChI=1S/C14H12ClNO/c1-2-14(17,13(10-16)8-3-9-13)11-4-6-12(15)7-5-11/h1,4-7,17H,3,8-9H2/t14-/m0/s1. The van der Waals surface area contributed by atoms with Gasteiger partial charge in [-0.3, -0.25) is 0 Å². The minimum absolute atomic E-state index is 0.561. The third kappa shape index (κ3) is 1.62. The number of halogens is 1. The molecule has 2 rings (SSSR count). The van der Waals surface area contributed by atoms with Gasteiger partial charge in [-0.15, -0.1) is 6.42 Å². The van der Waals surface area contributed by atoms with Crippen molar-refractivity contribution in [3.63, 3.8) is 0 Å². The van der Waals surface area contributed by atoms with E-state index in [1.165, 1.54) is 0 Å². The molecule has 1 N–H and O–H groups in total. The topological polar surface area (TPSA) is 44.0 Å². The maximum atomic E-state index is 10.7. The van der Waals surface area contributed by atoms with Crippen LogP contribution in [0.5, 0.6) is 0 Å². The Balaban J connectivity index is 2.49. The van der Waals surface area contributed by atoms with Crippen LogP contribution in [0.3, 0.4) is 0 Å². The fourth-order valence-electron chi connectivity index (χ4n) is 2.27. The predicted molar refractivity (Wildman–Crippen MR) is 66.1 cm³/mol. The molecule has 0 bridgehead atoms. The van der Waals surface area contributed by atoms with Crippen LogP contribution in [0.4, 0.5) is 0 Å². The van der Waals surface area contributed by atoms with Crippen LogP contribution in [0.15, 0.2) is 24.3 Å². The minimum Gasteiger partial charge on any atom is -0.372 e. The Morgan fingerprint density at radius 1 is 1.35 bits per heavy atom. The van der Waals surface area contributed by atoms with Gasteiger partial charge in [0, 0.05) is 5.02 Å². The number of hydrogen-bond donors (Lipinski definition) is 1. The maximum absolute atomic E-state index is 10.7. The van der Waals surface area contributed by atoms with Crippen LogP contribution in [0.1, 0.15) is 24.8 Å². The summed E-state index contributed by atoms with van der Waals surface area (Å²) in [6, 6.07) is 8.89. The maximum Gasteiger partial charge on any atom is 0.169 e. The van der Waals surface area contributed by atoms with Gasteiger partial charge in [-0.05, 0) is 37.0 Å². The molecule has 2 nitrogen and oxygen atoms in total. The molecule has 0 spiro atoms. The molecule has 1 aromatic rings. The summed E-state index contributed by atoms with van der Waals surface area (Å²) < 4.78 is 0. The highest BCUT2D eigenvalue weighted by Gasteiger charge is 2.55. The van der Waals surface area contributed by atoms with E-state index in [4.69, 9.17) is 18.0 Å². The second kappa shape index (κ2) is 4.08. The van der Waals surface area contributed by atoms with Gasteiger partial charge < -0.3 is 5.11 Å². The lowest BCUT2D eigenvalue weighted by Crippen LogP contribution is -2.48. The zero-order valence-electron chi connectivity index (χ0n) is 9.28. The largest absolute Gasteiger partial charge is 0.372 e. The number of hydrogen-bond acceptors (Lipinski definition) is 2. The van der Waals surface area contributed by atoms with Crippen molar-refractivity contribution in [2.75, 3.05) is 0 Å². The normalized spacial score (nSPS) is 20.5. The smallest absolute Gasteiger partial charge is 0.169 e. The van der Waals surface area contributed by atoms with Gasteiger partial charge in [-0.2, -0.15) is 5.26 Å². The van der Waals surface area contributed by atoms with Gasteiger partial charge in [0.2, 0.25) is 0 Å². The Labute approximate surface area is 106 Å². The lowest BCUT2D eigenvalue weighted by atomic mass is 9.58. The van der Waals surface area contributed by atoms with Crippen LogP contribution in [-0.4, -0.2) is 5.11 Å². The summed E-state index contributed by atoms with van der Waals surface area (Å²) in [6.07, 6.45) is 7.65. The molecular formula is C14H12ClNO. The van der Waals surface area contributed by atoms with E-state index in [9.17, 15) is 10.4 Å². The minimum atomic E-state index is -1.52. The molecule has 0 amide bonds. The molecule has 1 fully saturated rings. The molecule has 0 aliphatic heterocycles. The molecule has 0 aromatic heterocycles. The lowest BCUT2D eigenvalue weighted by molar-refractivity contribution is -0.0530. The molecule has 1 aromatic carbocycles. The molecule has 0 saturated heterocycles. The van der Waals surface area contributed by atoms with Crippen molar-refractivity contribution in [2.45, 2.75) is 24.9 Å². The Bertz CT molecular complexity index is 505. The molecule has 3 heteroatoms. The number of benzene rings is 1. The van der Waals surface area contributed by atoms with E-state index in [0.717, 1.165) is 6.42 Å². The number of aliphatic hydroxyl groups is 1. The summed E-state index contributed by atoms with van der Waals surface area (Å²) >= 11 is 5.80. The number of nitrogens with zero attached hydrogens (tertiary/aromatic N) is 1. The van der Waals surface area contributed by atoms with Gasteiger partial charge in [-0.25, -0.2) is 0 Å². The van der Waals surface area contributed by atoms with E-state index < -0.39 is 11.0 Å². The third-order valence-electron chi connectivity index (χ3n) is 3.58. The summed E-state index contributed by atoms with van der Waals surface area (Å²) in [5, 5.41) is 20.5. The Morgan fingerprint density at radius 3 is 2.29 bits per heavy atom. The second-order valence-electron chi connectivity index (χ2n) is 4.41. The fraction of sp³-hybridized carbons (Fsp3) is 0.357. The lowest BCUT2D eigenvalue weighted by Gasteiger charge is -2.45. The quantitative estimate of drug-likeness (QED) is 0.815. The third-order valence-corrected chi connectivity index (χ3v) is 3.84. The average molecular weight is 246 g/mol. The summed E-state index contributed by atoms with van der Waals surface area (Å²) in [5.74, 6) is 2.40. The van der Waals surface area contributed by atoms with Gasteiger partial charge in [0.15, 0.2) is 5.60 Å². The van der Waals surface area contributed by atoms with Gasteiger partial charge >= 0.3 is 0 Å². The summed E-state index contributed by atoms with van der Waals surface area (Å²) in [7, 11) is 0. The average Bonchev–Trinajstić information content (AvgIpc) is 2.28. The van der Waals surface area contributed by atoms with Crippen molar-refractivity contribution in [1.82, 2.24) is 0 Å². The molecule has 0 radical (unpaired) electrons. The molecule has 86 valence electrons. The van der Waals surface area contributed by atoms with Crippen LogP contribution in [0.25, 0.3) is 0 Å². The number of nitriles is 1. The van der Waals surface area contributed by atoms with Crippen molar-refractivity contribution in [3.05, 3.63) is 34.9 Å². The van der Waals surface area contributed by atoms with E-state index in [2.05, 4.69) is 12.0 Å². The zero-order valence-corrected chi connectivity index (χ0v) is 10.0. The van der Waals surface area contributed by atoms with E-state index in [1.807, 2.05) is 0 Å². The summed E-state index contributed by atoms with van der Waals surface area (Å²) in [4.78, 5) is 0. The molecule has 1 aliphatic rings. The Kier molecular flexibility index (Phi) is 2.87. The zero-order chi connectivity index (χ0) is 12.5. The highest BCUT2D eigenvalue weighted by molar-refractivity contribution is 6.30. The second-order valence-corrected chi connectivity index (χ2v) is 4.85. The summed E-state index contributed by atoms with van der Waals surface area (Å²) in [5.41, 5.74) is -1.81. The van der Waals surface area contributed by atoms with Crippen molar-refractivity contribution in [2.24, 2.45) is 5.41 Å². The first-order chi connectivity index (χ1) is 8.08. The molecule has 0 heterocycles. The number of rotatable bonds is 2. The molecular weight excluding hydrogens is 234 g/mol. The van der Waals surface area contributed by atoms with E-state index >= 15 is 0 Å². The van der Waals surface area contributed by atoms with Crippen molar-refractivity contribution < 1.29 is 5.11 Å². The molecule has 0 unspecified atom stereocenters. The Morgan fingerprint density at radius 2 is 1.94 bits per heavy atom. The highest BCUT2D eigenvalue weighted by atomic mass is 35.5. The first kappa shape index (κ1) is 12.0. The molecule has 1 atom stereocenters. The SMILES string of the molecule is C#C[C@](O)(c1ccc(Cl)cc1)C1(C#N)CCC1. The van der Waals surface area contributed by atoms with Crippen LogP contribution in [-0.2, 0) is 5.60 Å². The first-order valence-corrected chi connectivity index (χ1v) is 5.83. The first-order valence-electron chi connectivity index (χ1n) is 5.45. The Hall–Kier alpha value is -1.48. The van der Waals surface area contributed by atoms with Crippen LogP contribution in [0, 0.1) is 29.1 Å². The summed E-state index contributed by atoms with van der Waals surface area (Å²) in [6.45, 7) is 0. The van der Waals surface area contributed by atoms with Gasteiger partial charge in [0.05, 0.1) is 6.07 Å². The van der Waals surface area contributed by atoms with Gasteiger partial charge in [-0.1, -0.05) is 29.7 Å². The fourth-order valence-corrected chi connectivity index (χ4v) is 2.40. The molecule has 1 aliphatic carbocycles.